The van der Waals surface area contributed by atoms with Gasteiger partial charge in [-0.1, -0.05) is 67.6 Å². The zero-order valence-electron chi connectivity index (χ0n) is 17.4. The summed E-state index contributed by atoms with van der Waals surface area (Å²) in [6.07, 6.45) is 0. The van der Waals surface area contributed by atoms with Gasteiger partial charge in [0.2, 0.25) is 0 Å². The van der Waals surface area contributed by atoms with E-state index in [1.165, 1.54) is 0 Å². The lowest BCUT2D eigenvalue weighted by atomic mass is 9.94. The first-order valence-electron chi connectivity index (χ1n) is 10.3. The van der Waals surface area contributed by atoms with Crippen molar-refractivity contribution in [2.24, 2.45) is 0 Å². The minimum Gasteiger partial charge on any atom is -0.497 e. The second kappa shape index (κ2) is 8.41. The third-order valence-electron chi connectivity index (χ3n) is 5.82. The van der Waals surface area contributed by atoms with Gasteiger partial charge in [-0.3, -0.25) is 4.21 Å². The van der Waals surface area contributed by atoms with Gasteiger partial charge in [0.1, 0.15) is 5.75 Å². The molecule has 3 aromatic carbocycles. The fourth-order valence-electron chi connectivity index (χ4n) is 4.25. The molecule has 156 valence electrons. The third kappa shape index (κ3) is 3.62. The molecule has 1 aliphatic heterocycles. The molecule has 6 heteroatoms. The van der Waals surface area contributed by atoms with Crippen molar-refractivity contribution in [2.45, 2.75) is 23.3 Å². The Bertz CT molecular complexity index is 1210. The van der Waals surface area contributed by atoms with Gasteiger partial charge in [-0.15, -0.1) is 0 Å². The Morgan fingerprint density at radius 3 is 2.19 bits per heavy atom. The van der Waals surface area contributed by atoms with E-state index in [0.29, 0.717) is 0 Å². The third-order valence-corrected chi connectivity index (χ3v) is 9.36. The molecule has 0 bridgehead atoms. The summed E-state index contributed by atoms with van der Waals surface area (Å²) < 4.78 is 21.4. The van der Waals surface area contributed by atoms with Crippen LogP contribution in [0.5, 0.6) is 5.75 Å². The maximum Gasteiger partial charge on any atom is 0.118 e. The molecule has 0 saturated heterocycles. The smallest absolute Gasteiger partial charge is 0.118 e. The molecule has 4 atom stereocenters. The lowest BCUT2D eigenvalue weighted by molar-refractivity contribution is 0.414. The van der Waals surface area contributed by atoms with Gasteiger partial charge in [0.25, 0.3) is 0 Å². The number of rotatable bonds is 4. The van der Waals surface area contributed by atoms with Crippen molar-refractivity contribution in [2.75, 3.05) is 7.11 Å². The molecule has 0 fully saturated rings. The van der Waals surface area contributed by atoms with Crippen LogP contribution in [0.2, 0.25) is 0 Å². The van der Waals surface area contributed by atoms with Gasteiger partial charge >= 0.3 is 0 Å². The van der Waals surface area contributed by atoms with E-state index < -0.39 is 10.8 Å². The van der Waals surface area contributed by atoms with Gasteiger partial charge in [0.15, 0.2) is 0 Å². The summed E-state index contributed by atoms with van der Waals surface area (Å²) in [4.78, 5) is 0. The Morgan fingerprint density at radius 2 is 1.55 bits per heavy atom. The summed E-state index contributed by atoms with van der Waals surface area (Å²) in [5.74, 6) is 0.862. The molecule has 0 radical (unpaired) electrons. The summed E-state index contributed by atoms with van der Waals surface area (Å²) in [6.45, 7) is 2.16. The van der Waals surface area contributed by atoms with Gasteiger partial charge in [-0.05, 0) is 35.4 Å². The van der Waals surface area contributed by atoms with E-state index in [1.54, 1.807) is 7.11 Å². The summed E-state index contributed by atoms with van der Waals surface area (Å²) in [6, 6.07) is 28.3. The van der Waals surface area contributed by atoms with Crippen LogP contribution in [0.4, 0.5) is 0 Å². The lowest BCUT2D eigenvalue weighted by Crippen LogP contribution is -2.26. The number of nitrogens with zero attached hydrogens (tertiary/aromatic N) is 2. The fourth-order valence-corrected chi connectivity index (χ4v) is 7.92. The summed E-state index contributed by atoms with van der Waals surface area (Å²) >= 11 is 0. The highest BCUT2D eigenvalue weighted by atomic mass is 32.2. The predicted molar refractivity (Wildman–Crippen MR) is 127 cm³/mol. The Morgan fingerprint density at radius 1 is 0.903 bits per heavy atom. The number of hydrogen-bond donors (Lipinski definition) is 0. The highest BCUT2D eigenvalue weighted by Crippen LogP contribution is 2.52. The standard InChI is InChI=1S/C25H23N2O2PS/c1-17-22-23(30-27(26-22)20-11-7-4-8-12-20)25(19-13-15-21(29-2)16-14-19)31(28)24(17)18-9-5-3-6-10-18/h3-17,24-25H,1-2H3. The Balaban J connectivity index is 1.68. The van der Waals surface area contributed by atoms with Gasteiger partial charge in [0.05, 0.1) is 29.0 Å². The van der Waals surface area contributed by atoms with Crippen LogP contribution < -0.4 is 4.74 Å². The maximum absolute atomic E-state index is 14.1. The lowest BCUT2D eigenvalue weighted by Gasteiger charge is -2.33. The molecule has 0 saturated carbocycles. The van der Waals surface area contributed by atoms with Crippen LogP contribution in [0.3, 0.4) is 0 Å². The van der Waals surface area contributed by atoms with E-state index in [2.05, 4.69) is 31.2 Å². The molecule has 4 unspecified atom stereocenters. The number of aromatic nitrogens is 2. The van der Waals surface area contributed by atoms with E-state index in [9.17, 15) is 4.21 Å². The van der Waals surface area contributed by atoms with Crippen LogP contribution in [0, 0.1) is 0 Å². The van der Waals surface area contributed by atoms with E-state index >= 15 is 0 Å². The number of hydrogen-bond acceptors (Lipinski definition) is 3. The highest BCUT2D eigenvalue weighted by molar-refractivity contribution is 7.86. The van der Waals surface area contributed by atoms with Crippen LogP contribution in [-0.4, -0.2) is 20.9 Å². The zero-order valence-corrected chi connectivity index (χ0v) is 19.1. The van der Waals surface area contributed by atoms with Gasteiger partial charge < -0.3 is 4.74 Å². The van der Waals surface area contributed by atoms with Crippen LogP contribution >= 0.6 is 8.35 Å². The van der Waals surface area contributed by atoms with E-state index in [-0.39, 0.29) is 16.4 Å². The number of ether oxygens (including phenoxy) is 1. The molecule has 1 aromatic heterocycles. The Labute approximate surface area is 186 Å². The number of fused-ring (bicyclic) bond motifs is 1. The normalized spacial score (nSPS) is 22.9. The SMILES string of the molecule is COc1ccc(C2c3pn(-c4ccccc4)nc3C(C)C(c3ccccc3)S2=O)cc1. The average Bonchev–Trinajstić information content (AvgIpc) is 3.26. The van der Waals surface area contributed by atoms with Gasteiger partial charge in [0, 0.05) is 30.4 Å². The second-order valence-corrected chi connectivity index (χ2v) is 10.4. The molecule has 4 aromatic rings. The topological polar surface area (TPSA) is 44.1 Å². The fraction of sp³-hybridized carbons (Fsp3) is 0.200. The molecule has 2 heterocycles. The first-order chi connectivity index (χ1) is 15.2. The van der Waals surface area contributed by atoms with Crippen molar-refractivity contribution in [3.8, 4) is 11.4 Å². The molecule has 0 N–H and O–H groups in total. The number of para-hydroxylation sites is 1. The largest absolute Gasteiger partial charge is 0.497 e. The average molecular weight is 447 g/mol. The zero-order chi connectivity index (χ0) is 21.4. The number of benzene rings is 3. The minimum absolute atomic E-state index is 0.0638. The summed E-state index contributed by atoms with van der Waals surface area (Å²) in [7, 11) is 1.50. The van der Waals surface area contributed by atoms with Crippen LogP contribution in [0.15, 0.2) is 84.9 Å². The van der Waals surface area contributed by atoms with Gasteiger partial charge in [-0.25, -0.2) is 4.44 Å². The Kier molecular flexibility index (Phi) is 5.47. The molecule has 31 heavy (non-hydrogen) atoms. The van der Waals surface area contributed by atoms with Crippen molar-refractivity contribution in [1.29, 1.82) is 0 Å². The van der Waals surface area contributed by atoms with Crippen molar-refractivity contribution in [1.82, 2.24) is 9.54 Å². The first kappa shape index (κ1) is 20.2. The van der Waals surface area contributed by atoms with Crippen molar-refractivity contribution >= 4 is 19.2 Å². The Hall–Kier alpha value is -2.75. The summed E-state index contributed by atoms with van der Waals surface area (Å²) in [5, 5.41) is 5.84. The molecule has 0 aliphatic carbocycles. The van der Waals surface area contributed by atoms with Crippen molar-refractivity contribution in [3.05, 3.63) is 107 Å². The first-order valence-corrected chi connectivity index (χ1v) is 12.4. The summed E-state index contributed by atoms with van der Waals surface area (Å²) in [5.41, 5.74) is 4.24. The molecule has 5 rings (SSSR count). The molecular weight excluding hydrogens is 423 g/mol. The minimum atomic E-state index is -1.13. The van der Waals surface area contributed by atoms with Crippen LogP contribution in [-0.2, 0) is 10.8 Å². The van der Waals surface area contributed by atoms with E-state index in [1.807, 2.05) is 65.1 Å². The molecule has 0 spiro atoms. The highest BCUT2D eigenvalue weighted by Gasteiger charge is 2.43. The number of methoxy groups -OCH3 is 1. The molecular formula is C25H23N2O2PS. The van der Waals surface area contributed by atoms with Crippen LogP contribution in [0.1, 0.15) is 45.5 Å². The maximum atomic E-state index is 14.1. The quantitative estimate of drug-likeness (QED) is 0.377. The van der Waals surface area contributed by atoms with Crippen molar-refractivity contribution < 1.29 is 8.95 Å². The van der Waals surface area contributed by atoms with Crippen molar-refractivity contribution in [3.63, 3.8) is 0 Å². The predicted octanol–water partition coefficient (Wildman–Crippen LogP) is 6.16. The monoisotopic (exact) mass is 446 g/mol. The van der Waals surface area contributed by atoms with E-state index in [4.69, 9.17) is 9.84 Å². The van der Waals surface area contributed by atoms with Gasteiger partial charge in [-0.2, -0.15) is 5.10 Å². The second-order valence-electron chi connectivity index (χ2n) is 7.70. The molecule has 0 amide bonds. The molecule has 4 nitrogen and oxygen atoms in total. The van der Waals surface area contributed by atoms with Crippen LogP contribution in [0.25, 0.3) is 5.69 Å². The van der Waals surface area contributed by atoms with E-state index in [0.717, 1.165) is 41.9 Å². The molecule has 1 aliphatic rings.